The number of ether oxygens (including phenoxy) is 1. The Morgan fingerprint density at radius 3 is 2.60 bits per heavy atom. The van der Waals surface area contributed by atoms with Crippen molar-refractivity contribution >= 4 is 27.4 Å². The van der Waals surface area contributed by atoms with Crippen molar-refractivity contribution in [2.24, 2.45) is 0 Å². The Kier molecular flexibility index (Phi) is 4.33. The van der Waals surface area contributed by atoms with Gasteiger partial charge in [0.25, 0.3) is 0 Å². The van der Waals surface area contributed by atoms with Crippen LogP contribution in [0.4, 0.5) is 5.82 Å². The van der Waals surface area contributed by atoms with Gasteiger partial charge < -0.3 is 9.64 Å². The van der Waals surface area contributed by atoms with E-state index in [9.17, 15) is 0 Å². The highest BCUT2D eigenvalue weighted by Gasteiger charge is 2.31. The summed E-state index contributed by atoms with van der Waals surface area (Å²) in [6.07, 6.45) is 4.54. The molecule has 2 aromatic heterocycles. The Morgan fingerprint density at radius 1 is 1.04 bits per heavy atom. The van der Waals surface area contributed by atoms with Gasteiger partial charge in [0, 0.05) is 56.7 Å². The fraction of sp³-hybridized carbons (Fsp3) is 0.667. The summed E-state index contributed by atoms with van der Waals surface area (Å²) >= 11 is 1.87. The molecule has 1 saturated carbocycles. The first-order valence-corrected chi connectivity index (χ1v) is 10.2. The van der Waals surface area contributed by atoms with Crippen molar-refractivity contribution in [2.45, 2.75) is 25.4 Å². The van der Waals surface area contributed by atoms with Crippen LogP contribution in [0.2, 0.25) is 0 Å². The summed E-state index contributed by atoms with van der Waals surface area (Å²) in [7, 11) is 0. The van der Waals surface area contributed by atoms with E-state index in [2.05, 4.69) is 30.7 Å². The fourth-order valence-corrected chi connectivity index (χ4v) is 5.09. The van der Waals surface area contributed by atoms with E-state index >= 15 is 0 Å². The van der Waals surface area contributed by atoms with E-state index in [1.54, 1.807) is 6.33 Å². The first-order valence-electron chi connectivity index (χ1n) is 9.39. The van der Waals surface area contributed by atoms with Crippen LogP contribution in [-0.2, 0) is 11.3 Å². The molecule has 6 nitrogen and oxygen atoms in total. The molecule has 134 valence electrons. The number of morpholine rings is 1. The molecule has 0 aromatic carbocycles. The van der Waals surface area contributed by atoms with Gasteiger partial charge in [-0.15, -0.1) is 11.3 Å². The van der Waals surface area contributed by atoms with Gasteiger partial charge in [0.1, 0.15) is 12.1 Å². The summed E-state index contributed by atoms with van der Waals surface area (Å²) in [5.74, 6) is 1.09. The number of rotatable bonds is 4. The molecule has 7 heteroatoms. The number of fused-ring (bicyclic) bond motifs is 1. The zero-order valence-electron chi connectivity index (χ0n) is 14.6. The molecule has 3 aliphatic rings. The molecule has 0 atom stereocenters. The summed E-state index contributed by atoms with van der Waals surface area (Å²) < 4.78 is 6.71. The molecule has 4 heterocycles. The number of thiophene rings is 1. The number of piperazine rings is 1. The second kappa shape index (κ2) is 6.79. The lowest BCUT2D eigenvalue weighted by Crippen LogP contribution is -2.46. The van der Waals surface area contributed by atoms with E-state index in [0.29, 0.717) is 0 Å². The molecule has 0 amide bonds. The van der Waals surface area contributed by atoms with Crippen LogP contribution in [0.3, 0.4) is 0 Å². The third-order valence-corrected chi connectivity index (χ3v) is 6.61. The molecule has 3 fully saturated rings. The van der Waals surface area contributed by atoms with Gasteiger partial charge in [-0.1, -0.05) is 0 Å². The Morgan fingerprint density at radius 2 is 1.84 bits per heavy atom. The Hall–Kier alpha value is -1.28. The van der Waals surface area contributed by atoms with Gasteiger partial charge in [0.2, 0.25) is 0 Å². The lowest BCUT2D eigenvalue weighted by Gasteiger charge is -2.34. The van der Waals surface area contributed by atoms with Gasteiger partial charge in [0.05, 0.1) is 23.4 Å². The summed E-state index contributed by atoms with van der Waals surface area (Å²) in [4.78, 5) is 18.1. The maximum absolute atomic E-state index is 5.48. The van der Waals surface area contributed by atoms with Crippen molar-refractivity contribution in [1.29, 1.82) is 0 Å². The summed E-state index contributed by atoms with van der Waals surface area (Å²) in [5, 5.41) is 0. The lowest BCUT2D eigenvalue weighted by atomic mass is 10.3. The first-order chi connectivity index (χ1) is 12.4. The van der Waals surface area contributed by atoms with E-state index in [4.69, 9.17) is 4.74 Å². The van der Waals surface area contributed by atoms with Crippen molar-refractivity contribution in [2.75, 3.05) is 57.4 Å². The average Bonchev–Trinajstić information content (AvgIpc) is 3.42. The van der Waals surface area contributed by atoms with Crippen LogP contribution in [0.5, 0.6) is 0 Å². The van der Waals surface area contributed by atoms with Gasteiger partial charge in [-0.3, -0.25) is 9.80 Å². The van der Waals surface area contributed by atoms with Crippen molar-refractivity contribution in [3.8, 4) is 0 Å². The van der Waals surface area contributed by atoms with Crippen LogP contribution >= 0.6 is 11.3 Å². The number of hydrogen-bond acceptors (Lipinski definition) is 7. The van der Waals surface area contributed by atoms with Gasteiger partial charge in [-0.25, -0.2) is 9.97 Å². The predicted molar refractivity (Wildman–Crippen MR) is 100 cm³/mol. The third-order valence-electron chi connectivity index (χ3n) is 5.50. The molecule has 2 aromatic rings. The molecule has 0 spiro atoms. The second-order valence-electron chi connectivity index (χ2n) is 7.27. The molecular formula is C18H25N5OS. The van der Waals surface area contributed by atoms with E-state index in [0.717, 1.165) is 50.2 Å². The van der Waals surface area contributed by atoms with Crippen molar-refractivity contribution in [3.05, 3.63) is 17.3 Å². The van der Waals surface area contributed by atoms with Crippen molar-refractivity contribution < 1.29 is 4.74 Å². The monoisotopic (exact) mass is 359 g/mol. The minimum absolute atomic E-state index is 0.787. The highest BCUT2D eigenvalue weighted by Crippen LogP contribution is 2.33. The van der Waals surface area contributed by atoms with E-state index in [-0.39, 0.29) is 0 Å². The number of nitrogens with zero attached hydrogens (tertiary/aromatic N) is 5. The van der Waals surface area contributed by atoms with Crippen LogP contribution < -0.4 is 4.90 Å². The molecule has 0 radical (unpaired) electrons. The largest absolute Gasteiger partial charge is 0.378 e. The topological polar surface area (TPSA) is 44.7 Å². The summed E-state index contributed by atoms with van der Waals surface area (Å²) in [6, 6.07) is 3.16. The maximum Gasteiger partial charge on any atom is 0.150 e. The molecule has 1 aliphatic carbocycles. The molecule has 0 unspecified atom stereocenters. The van der Waals surface area contributed by atoms with Gasteiger partial charge in [-0.2, -0.15) is 0 Å². The highest BCUT2D eigenvalue weighted by atomic mass is 32.1. The molecule has 2 saturated heterocycles. The minimum Gasteiger partial charge on any atom is -0.378 e. The predicted octanol–water partition coefficient (Wildman–Crippen LogP) is 1.81. The first kappa shape index (κ1) is 15.9. The third kappa shape index (κ3) is 3.38. The summed E-state index contributed by atoms with van der Waals surface area (Å²) in [6.45, 7) is 9.29. The van der Waals surface area contributed by atoms with Gasteiger partial charge in [-0.05, 0) is 18.9 Å². The lowest BCUT2D eigenvalue weighted by molar-refractivity contribution is 0.122. The number of hydrogen-bond donors (Lipinski definition) is 0. The zero-order chi connectivity index (χ0) is 16.6. The Bertz CT molecular complexity index is 732. The van der Waals surface area contributed by atoms with Crippen molar-refractivity contribution in [3.63, 3.8) is 0 Å². The van der Waals surface area contributed by atoms with E-state index in [1.165, 1.54) is 48.6 Å². The minimum atomic E-state index is 0.787. The highest BCUT2D eigenvalue weighted by molar-refractivity contribution is 7.19. The van der Waals surface area contributed by atoms with E-state index < -0.39 is 0 Å². The van der Waals surface area contributed by atoms with Crippen LogP contribution in [-0.4, -0.2) is 78.3 Å². The van der Waals surface area contributed by atoms with Crippen molar-refractivity contribution in [1.82, 2.24) is 19.8 Å². The maximum atomic E-state index is 5.48. The zero-order valence-corrected chi connectivity index (χ0v) is 15.4. The Labute approximate surface area is 152 Å². The molecule has 5 rings (SSSR count). The van der Waals surface area contributed by atoms with Gasteiger partial charge in [0.15, 0.2) is 0 Å². The SMILES string of the molecule is c1nc(N2CCOCC2)c2sc(CN3CCN(C4CC4)CC3)cc2n1. The number of aromatic nitrogens is 2. The smallest absolute Gasteiger partial charge is 0.150 e. The molecular weight excluding hydrogens is 334 g/mol. The number of anilines is 1. The van der Waals surface area contributed by atoms with Gasteiger partial charge >= 0.3 is 0 Å². The molecule has 0 N–H and O–H groups in total. The van der Waals surface area contributed by atoms with Crippen LogP contribution in [0.25, 0.3) is 10.2 Å². The normalized spacial score (nSPS) is 23.4. The molecule has 25 heavy (non-hydrogen) atoms. The molecule has 2 aliphatic heterocycles. The van der Waals surface area contributed by atoms with Crippen LogP contribution in [0.1, 0.15) is 17.7 Å². The fourth-order valence-electron chi connectivity index (χ4n) is 3.92. The average molecular weight is 359 g/mol. The molecule has 0 bridgehead atoms. The van der Waals surface area contributed by atoms with Crippen LogP contribution in [0.15, 0.2) is 12.4 Å². The van der Waals surface area contributed by atoms with Crippen LogP contribution in [0, 0.1) is 0 Å². The quantitative estimate of drug-likeness (QED) is 0.830. The summed E-state index contributed by atoms with van der Waals surface area (Å²) in [5.41, 5.74) is 1.09. The second-order valence-corrected chi connectivity index (χ2v) is 8.40. The standard InChI is InChI=1S/C18H25N5OS/c1-2-14(1)22-5-3-21(4-6-22)12-15-11-16-17(25-15)18(20-13-19-16)23-7-9-24-10-8-23/h11,13-14H,1-10,12H2. The van der Waals surface area contributed by atoms with E-state index in [1.807, 2.05) is 11.3 Å². The Balaban J connectivity index is 1.30.